The molecule has 0 aliphatic carbocycles. The van der Waals surface area contributed by atoms with Crippen LogP contribution >= 0.6 is 11.6 Å². The van der Waals surface area contributed by atoms with E-state index in [9.17, 15) is 18.0 Å². The van der Waals surface area contributed by atoms with Gasteiger partial charge in [-0.15, -0.1) is 0 Å². The van der Waals surface area contributed by atoms with E-state index < -0.39 is 29.4 Å². The first-order valence-electron chi connectivity index (χ1n) is 11.8. The van der Waals surface area contributed by atoms with Crippen LogP contribution in [0.5, 0.6) is 0 Å². The molecule has 3 heterocycles. The van der Waals surface area contributed by atoms with Crippen LogP contribution in [0.25, 0.3) is 0 Å². The van der Waals surface area contributed by atoms with E-state index in [2.05, 4.69) is 10.3 Å². The summed E-state index contributed by atoms with van der Waals surface area (Å²) in [7, 11) is 1.52. The number of hydrogen-bond acceptors (Lipinski definition) is 5. The predicted molar refractivity (Wildman–Crippen MR) is 134 cm³/mol. The van der Waals surface area contributed by atoms with Crippen LogP contribution in [0.1, 0.15) is 35.7 Å². The molecular weight excluding hydrogens is 491 g/mol. The standard InChI is InChI=1S/C26H27ClF3N5O/c1-14-23(31)19(24(32-2)15-7-16(28)9-17(29)8-15)3-6-35(14)25(36)20-10-18(30)11-21(22(20)27)34-12-26(13-34)4-5-33-26/h7-11,14,33H,3-6,12-13,31H2,1-2H3. The Kier molecular flexibility index (Phi) is 6.24. The third kappa shape index (κ3) is 4.14. The monoisotopic (exact) mass is 517 g/mol. The Labute approximate surface area is 212 Å². The lowest BCUT2D eigenvalue weighted by Gasteiger charge is -2.57. The van der Waals surface area contributed by atoms with Crippen LogP contribution in [0.15, 0.2) is 46.6 Å². The summed E-state index contributed by atoms with van der Waals surface area (Å²) >= 11 is 6.64. The highest BCUT2D eigenvalue weighted by molar-refractivity contribution is 6.36. The quantitative estimate of drug-likeness (QED) is 0.604. The van der Waals surface area contributed by atoms with E-state index in [0.29, 0.717) is 42.2 Å². The number of rotatable bonds is 4. The van der Waals surface area contributed by atoms with E-state index in [1.54, 1.807) is 6.92 Å². The fourth-order valence-corrected chi connectivity index (χ4v) is 5.68. The second kappa shape index (κ2) is 9.12. The molecule has 2 aromatic rings. The van der Waals surface area contributed by atoms with Gasteiger partial charge in [0.25, 0.3) is 5.91 Å². The summed E-state index contributed by atoms with van der Waals surface area (Å²) in [5, 5.41) is 3.61. The van der Waals surface area contributed by atoms with Gasteiger partial charge in [-0.25, -0.2) is 13.2 Å². The minimum Gasteiger partial charge on any atom is -0.400 e. The summed E-state index contributed by atoms with van der Waals surface area (Å²) in [4.78, 5) is 21.3. The maximum absolute atomic E-state index is 14.6. The van der Waals surface area contributed by atoms with Crippen molar-refractivity contribution in [1.29, 1.82) is 0 Å². The van der Waals surface area contributed by atoms with Crippen LogP contribution in [0, 0.1) is 17.5 Å². The third-order valence-corrected chi connectivity index (χ3v) is 7.85. The van der Waals surface area contributed by atoms with E-state index in [4.69, 9.17) is 17.3 Å². The molecule has 36 heavy (non-hydrogen) atoms. The molecule has 1 atom stereocenters. The summed E-state index contributed by atoms with van der Waals surface area (Å²) in [6.07, 6.45) is 1.37. The molecule has 0 radical (unpaired) electrons. The Morgan fingerprint density at radius 2 is 1.78 bits per heavy atom. The molecule has 2 saturated heterocycles. The topological polar surface area (TPSA) is 74.0 Å². The Hall–Kier alpha value is -3.04. The smallest absolute Gasteiger partial charge is 0.256 e. The molecule has 0 saturated carbocycles. The number of halogens is 4. The Morgan fingerprint density at radius 3 is 2.36 bits per heavy atom. The predicted octanol–water partition coefficient (Wildman–Crippen LogP) is 3.88. The SMILES string of the molecule is CN=C(C1=C(N)C(C)N(C(=O)c2cc(F)cc(N3CC4(CCN4)C3)c2Cl)CC1)c1cc(F)cc(F)c1. The number of carbonyl (C=O) groups excluding carboxylic acids is 1. The van der Waals surface area contributed by atoms with Crippen molar-refractivity contribution in [2.75, 3.05) is 38.1 Å². The number of nitrogens with one attached hydrogen (secondary N) is 1. The van der Waals surface area contributed by atoms with Crippen molar-refractivity contribution >= 4 is 28.9 Å². The molecule has 5 rings (SSSR count). The van der Waals surface area contributed by atoms with Crippen LogP contribution in [0.3, 0.4) is 0 Å². The van der Waals surface area contributed by atoms with Crippen molar-refractivity contribution in [3.63, 3.8) is 0 Å². The van der Waals surface area contributed by atoms with Gasteiger partial charge < -0.3 is 20.9 Å². The summed E-state index contributed by atoms with van der Waals surface area (Å²) < 4.78 is 42.3. The minimum atomic E-state index is -0.719. The molecule has 10 heteroatoms. The molecule has 1 amide bonds. The van der Waals surface area contributed by atoms with E-state index >= 15 is 0 Å². The largest absolute Gasteiger partial charge is 0.400 e. The molecule has 190 valence electrons. The summed E-state index contributed by atoms with van der Waals surface area (Å²) in [6.45, 7) is 4.40. The van der Waals surface area contributed by atoms with Gasteiger partial charge in [0.2, 0.25) is 0 Å². The number of amides is 1. The molecule has 0 bridgehead atoms. The number of aliphatic imine (C=N–C) groups is 1. The minimum absolute atomic E-state index is 0.0694. The molecule has 6 nitrogen and oxygen atoms in total. The van der Waals surface area contributed by atoms with Gasteiger partial charge in [-0.1, -0.05) is 11.6 Å². The van der Waals surface area contributed by atoms with Gasteiger partial charge in [-0.2, -0.15) is 0 Å². The van der Waals surface area contributed by atoms with E-state index in [-0.39, 0.29) is 28.2 Å². The number of anilines is 1. The fraction of sp³-hybridized carbons (Fsp3) is 0.385. The molecule has 2 fully saturated rings. The second-order valence-electron chi connectivity index (χ2n) is 9.69. The lowest BCUT2D eigenvalue weighted by Crippen LogP contribution is -2.76. The van der Waals surface area contributed by atoms with Crippen molar-refractivity contribution in [1.82, 2.24) is 10.2 Å². The highest BCUT2D eigenvalue weighted by Crippen LogP contribution is 2.40. The number of benzene rings is 2. The highest BCUT2D eigenvalue weighted by Gasteiger charge is 2.48. The van der Waals surface area contributed by atoms with Crippen molar-refractivity contribution in [3.05, 3.63) is 75.2 Å². The molecule has 1 spiro atoms. The number of nitrogens with zero attached hydrogens (tertiary/aromatic N) is 3. The van der Waals surface area contributed by atoms with Gasteiger partial charge in [-0.05, 0) is 50.6 Å². The zero-order valence-electron chi connectivity index (χ0n) is 20.0. The van der Waals surface area contributed by atoms with Crippen LogP contribution in [-0.2, 0) is 0 Å². The maximum atomic E-state index is 14.6. The lowest BCUT2D eigenvalue weighted by atomic mass is 9.80. The van der Waals surface area contributed by atoms with E-state index in [1.807, 2.05) is 4.90 Å². The Bertz CT molecular complexity index is 1280. The van der Waals surface area contributed by atoms with E-state index in [1.165, 1.54) is 30.1 Å². The van der Waals surface area contributed by atoms with Crippen LogP contribution < -0.4 is 16.0 Å². The summed E-state index contributed by atoms with van der Waals surface area (Å²) in [5.41, 5.74) is 8.70. The average molecular weight is 518 g/mol. The molecule has 0 aromatic heterocycles. The molecule has 3 aliphatic rings. The van der Waals surface area contributed by atoms with Crippen molar-refractivity contribution < 1.29 is 18.0 Å². The Balaban J connectivity index is 1.41. The second-order valence-corrected chi connectivity index (χ2v) is 10.1. The summed E-state index contributed by atoms with van der Waals surface area (Å²) in [6, 6.07) is 5.13. The maximum Gasteiger partial charge on any atom is 0.256 e. The average Bonchev–Trinajstić information content (AvgIpc) is 2.76. The van der Waals surface area contributed by atoms with Gasteiger partial charge in [-0.3, -0.25) is 9.79 Å². The summed E-state index contributed by atoms with van der Waals surface area (Å²) in [5.74, 6) is -2.41. The first-order valence-corrected chi connectivity index (χ1v) is 12.2. The molecule has 1 unspecified atom stereocenters. The van der Waals surface area contributed by atoms with Gasteiger partial charge >= 0.3 is 0 Å². The van der Waals surface area contributed by atoms with Crippen LogP contribution in [0.2, 0.25) is 5.02 Å². The zero-order valence-corrected chi connectivity index (χ0v) is 20.8. The lowest BCUT2D eigenvalue weighted by molar-refractivity contribution is 0.0706. The van der Waals surface area contributed by atoms with Gasteiger partial charge in [0.05, 0.1) is 33.6 Å². The van der Waals surface area contributed by atoms with Gasteiger partial charge in [0.1, 0.15) is 17.5 Å². The van der Waals surface area contributed by atoms with Gasteiger partial charge in [0, 0.05) is 49.6 Å². The van der Waals surface area contributed by atoms with Crippen molar-refractivity contribution in [3.8, 4) is 0 Å². The number of carbonyl (C=O) groups is 1. The van der Waals surface area contributed by atoms with Crippen molar-refractivity contribution in [2.45, 2.75) is 31.3 Å². The first-order chi connectivity index (χ1) is 17.1. The van der Waals surface area contributed by atoms with Gasteiger partial charge in [0.15, 0.2) is 0 Å². The zero-order chi connectivity index (χ0) is 25.8. The highest BCUT2D eigenvalue weighted by atomic mass is 35.5. The normalized spacial score (nSPS) is 21.5. The number of nitrogens with two attached hydrogens (primary N) is 1. The van der Waals surface area contributed by atoms with Crippen LogP contribution in [-0.4, -0.2) is 61.3 Å². The van der Waals surface area contributed by atoms with E-state index in [0.717, 1.165) is 25.1 Å². The molecular formula is C26H27ClF3N5O. The number of hydrogen-bond donors (Lipinski definition) is 2. The Morgan fingerprint density at radius 1 is 1.14 bits per heavy atom. The molecule has 2 aromatic carbocycles. The molecule has 3 aliphatic heterocycles. The van der Waals surface area contributed by atoms with Crippen molar-refractivity contribution in [2.24, 2.45) is 10.7 Å². The fourth-order valence-electron chi connectivity index (χ4n) is 5.37. The van der Waals surface area contributed by atoms with Crippen LogP contribution in [0.4, 0.5) is 18.9 Å². The molecule has 3 N–H and O–H groups in total. The third-order valence-electron chi connectivity index (χ3n) is 7.45. The first kappa shape index (κ1) is 24.6.